The van der Waals surface area contributed by atoms with Gasteiger partial charge in [0.25, 0.3) is 0 Å². The molecule has 2 aromatic heterocycles. The van der Waals surface area contributed by atoms with Crippen molar-refractivity contribution in [2.45, 2.75) is 19.4 Å². The highest BCUT2D eigenvalue weighted by atomic mass is 32.1. The van der Waals surface area contributed by atoms with Crippen molar-refractivity contribution in [2.75, 3.05) is 31.1 Å². The van der Waals surface area contributed by atoms with Crippen LogP contribution in [0, 0.1) is 0 Å². The number of ketones is 1. The Morgan fingerprint density at radius 1 is 1.12 bits per heavy atom. The van der Waals surface area contributed by atoms with Gasteiger partial charge in [0, 0.05) is 44.2 Å². The Balaban J connectivity index is 1.37. The molecule has 5 nitrogen and oxygen atoms in total. The lowest BCUT2D eigenvalue weighted by atomic mass is 10.0. The highest BCUT2D eigenvalue weighted by Gasteiger charge is 2.24. The number of hydrogen-bond donors (Lipinski definition) is 0. The minimum Gasteiger partial charge on any atom is -0.353 e. The monoisotopic (exact) mass is 366 g/mol. The molecule has 0 aliphatic carbocycles. The van der Waals surface area contributed by atoms with Gasteiger partial charge in [-0.2, -0.15) is 0 Å². The van der Waals surface area contributed by atoms with Gasteiger partial charge in [-0.3, -0.25) is 9.69 Å². The zero-order valence-electron chi connectivity index (χ0n) is 14.8. The van der Waals surface area contributed by atoms with Gasteiger partial charge in [-0.25, -0.2) is 9.97 Å². The Bertz CT molecular complexity index is 887. The van der Waals surface area contributed by atoms with Crippen LogP contribution in [0.2, 0.25) is 0 Å². The summed E-state index contributed by atoms with van der Waals surface area (Å²) in [5.41, 5.74) is 1.82. The largest absolute Gasteiger partial charge is 0.353 e. The maximum absolute atomic E-state index is 12.4. The van der Waals surface area contributed by atoms with E-state index in [1.54, 1.807) is 17.7 Å². The van der Waals surface area contributed by atoms with Crippen molar-refractivity contribution in [2.24, 2.45) is 0 Å². The molecule has 1 fully saturated rings. The van der Waals surface area contributed by atoms with Gasteiger partial charge in [0.1, 0.15) is 12.1 Å². The third-order valence-electron chi connectivity index (χ3n) is 5.04. The van der Waals surface area contributed by atoms with Crippen molar-refractivity contribution in [3.05, 3.63) is 53.7 Å². The number of thiophene rings is 1. The molecule has 26 heavy (non-hydrogen) atoms. The first-order valence-corrected chi connectivity index (χ1v) is 9.86. The highest BCUT2D eigenvalue weighted by molar-refractivity contribution is 7.17. The number of aromatic nitrogens is 2. The van der Waals surface area contributed by atoms with Crippen LogP contribution in [0.25, 0.3) is 10.2 Å². The predicted octanol–water partition coefficient (Wildman–Crippen LogP) is 3.47. The number of rotatable bonds is 5. The van der Waals surface area contributed by atoms with Gasteiger partial charge in [0.2, 0.25) is 0 Å². The molecule has 0 bridgehead atoms. The van der Waals surface area contributed by atoms with Crippen LogP contribution < -0.4 is 4.90 Å². The maximum Gasteiger partial charge on any atom is 0.164 e. The van der Waals surface area contributed by atoms with Crippen LogP contribution in [0.15, 0.2) is 48.1 Å². The molecule has 1 aliphatic rings. The first kappa shape index (κ1) is 17.1. The number of piperazine rings is 1. The van der Waals surface area contributed by atoms with E-state index >= 15 is 0 Å². The molecule has 3 aromatic rings. The van der Waals surface area contributed by atoms with Crippen molar-refractivity contribution >= 4 is 33.2 Å². The van der Waals surface area contributed by atoms with Gasteiger partial charge in [-0.05, 0) is 18.4 Å². The smallest absolute Gasteiger partial charge is 0.164 e. The van der Waals surface area contributed by atoms with E-state index in [1.165, 1.54) is 0 Å². The molecular formula is C20H22N4OS. The second-order valence-corrected chi connectivity index (χ2v) is 7.61. The van der Waals surface area contributed by atoms with Crippen molar-refractivity contribution in [3.8, 4) is 0 Å². The summed E-state index contributed by atoms with van der Waals surface area (Å²) >= 11 is 1.70. The van der Waals surface area contributed by atoms with Crippen LogP contribution in [0.4, 0.5) is 5.82 Å². The van der Waals surface area contributed by atoms with Crippen LogP contribution in [0.3, 0.4) is 0 Å². The molecule has 0 spiro atoms. The number of benzene rings is 1. The number of hydrogen-bond acceptors (Lipinski definition) is 6. The molecule has 1 aromatic carbocycles. The molecule has 1 atom stereocenters. The molecule has 0 unspecified atom stereocenters. The van der Waals surface area contributed by atoms with Crippen LogP contribution in [-0.4, -0.2) is 52.9 Å². The molecule has 1 aliphatic heterocycles. The van der Waals surface area contributed by atoms with Crippen molar-refractivity contribution < 1.29 is 4.79 Å². The summed E-state index contributed by atoms with van der Waals surface area (Å²) < 4.78 is 1.16. The fourth-order valence-electron chi connectivity index (χ4n) is 3.51. The third-order valence-corrected chi connectivity index (χ3v) is 5.94. The van der Waals surface area contributed by atoms with Gasteiger partial charge < -0.3 is 4.90 Å². The molecule has 0 N–H and O–H groups in total. The van der Waals surface area contributed by atoms with Crippen LogP contribution >= 0.6 is 11.3 Å². The Hall–Kier alpha value is -2.31. The summed E-state index contributed by atoms with van der Waals surface area (Å²) in [6, 6.07) is 11.9. The van der Waals surface area contributed by atoms with Crippen molar-refractivity contribution in [1.29, 1.82) is 0 Å². The SMILES string of the molecule is C[C@H](CC(=O)c1ccccc1)N1CCN(c2ncnc3ccsc23)CC1. The van der Waals surface area contributed by atoms with Gasteiger partial charge in [-0.15, -0.1) is 11.3 Å². The second kappa shape index (κ2) is 7.51. The number of anilines is 1. The lowest BCUT2D eigenvalue weighted by Gasteiger charge is -2.38. The van der Waals surface area contributed by atoms with Gasteiger partial charge in [0.05, 0.1) is 10.2 Å². The summed E-state index contributed by atoms with van der Waals surface area (Å²) in [6.07, 6.45) is 2.21. The highest BCUT2D eigenvalue weighted by Crippen LogP contribution is 2.28. The van der Waals surface area contributed by atoms with Gasteiger partial charge in [0.15, 0.2) is 5.78 Å². The van der Waals surface area contributed by atoms with E-state index in [4.69, 9.17) is 0 Å². The minimum absolute atomic E-state index is 0.219. The normalized spacial score (nSPS) is 16.7. The molecule has 1 saturated heterocycles. The lowest BCUT2D eigenvalue weighted by Crippen LogP contribution is -2.50. The van der Waals surface area contributed by atoms with Crippen LogP contribution in [-0.2, 0) is 0 Å². The number of carbonyl (C=O) groups excluding carboxylic acids is 1. The molecule has 6 heteroatoms. The molecule has 4 rings (SSSR count). The Morgan fingerprint density at radius 3 is 2.65 bits per heavy atom. The second-order valence-electron chi connectivity index (χ2n) is 6.70. The van der Waals surface area contributed by atoms with Crippen molar-refractivity contribution in [3.63, 3.8) is 0 Å². The molecule has 3 heterocycles. The zero-order chi connectivity index (χ0) is 17.9. The lowest BCUT2D eigenvalue weighted by molar-refractivity contribution is 0.0923. The number of Topliss-reactive ketones (excluding diaryl/α,β-unsaturated/α-hetero) is 1. The van der Waals surface area contributed by atoms with E-state index < -0.39 is 0 Å². The molecule has 0 amide bonds. The predicted molar refractivity (Wildman–Crippen MR) is 106 cm³/mol. The van der Waals surface area contributed by atoms with Gasteiger partial charge in [-0.1, -0.05) is 30.3 Å². The first-order valence-electron chi connectivity index (χ1n) is 8.98. The van der Waals surface area contributed by atoms with E-state index in [-0.39, 0.29) is 11.8 Å². The summed E-state index contributed by atoms with van der Waals surface area (Å²) in [7, 11) is 0. The summed E-state index contributed by atoms with van der Waals surface area (Å²) in [6.45, 7) is 5.89. The van der Waals surface area contributed by atoms with Crippen LogP contribution in [0.1, 0.15) is 23.7 Å². The number of carbonyl (C=O) groups is 1. The average molecular weight is 366 g/mol. The summed E-state index contributed by atoms with van der Waals surface area (Å²) in [5, 5.41) is 2.07. The van der Waals surface area contributed by atoms with Gasteiger partial charge >= 0.3 is 0 Å². The van der Waals surface area contributed by atoms with E-state index in [0.717, 1.165) is 47.8 Å². The summed E-state index contributed by atoms with van der Waals surface area (Å²) in [4.78, 5) is 26.0. The summed E-state index contributed by atoms with van der Waals surface area (Å²) in [5.74, 6) is 1.26. The fraction of sp³-hybridized carbons (Fsp3) is 0.350. The first-order chi connectivity index (χ1) is 12.7. The Morgan fingerprint density at radius 2 is 1.88 bits per heavy atom. The van der Waals surface area contributed by atoms with Crippen molar-refractivity contribution in [1.82, 2.24) is 14.9 Å². The van der Waals surface area contributed by atoms with E-state index in [1.807, 2.05) is 36.4 Å². The molecule has 0 radical (unpaired) electrons. The molecule has 0 saturated carbocycles. The topological polar surface area (TPSA) is 49.3 Å². The number of nitrogens with zero attached hydrogens (tertiary/aromatic N) is 4. The molecule has 134 valence electrons. The average Bonchev–Trinajstić information content (AvgIpc) is 3.17. The minimum atomic E-state index is 0.219. The van der Waals surface area contributed by atoms with Crippen LogP contribution in [0.5, 0.6) is 0 Å². The molecular weight excluding hydrogens is 344 g/mol. The van der Waals surface area contributed by atoms with E-state index in [2.05, 4.69) is 32.1 Å². The van der Waals surface area contributed by atoms with E-state index in [0.29, 0.717) is 6.42 Å². The quantitative estimate of drug-likeness (QED) is 0.647. The third kappa shape index (κ3) is 3.48. The Labute approximate surface area is 157 Å². The number of fused-ring (bicyclic) bond motifs is 1. The zero-order valence-corrected chi connectivity index (χ0v) is 15.7. The Kier molecular flexibility index (Phi) is 4.95. The standard InChI is InChI=1S/C20H22N4OS/c1-15(13-18(25)16-5-3-2-4-6-16)23-8-10-24(11-9-23)20-19-17(7-12-26-19)21-14-22-20/h2-7,12,14-15H,8-11,13H2,1H3/t15-/m1/s1. The van der Waals surface area contributed by atoms with E-state index in [9.17, 15) is 4.79 Å². The maximum atomic E-state index is 12.4. The fourth-order valence-corrected chi connectivity index (χ4v) is 4.38.